The van der Waals surface area contributed by atoms with E-state index in [1.807, 2.05) is 18.2 Å². The first-order valence-electron chi connectivity index (χ1n) is 9.17. The van der Waals surface area contributed by atoms with E-state index in [0.29, 0.717) is 49.0 Å². The molecular formula is C21H25N3O3. The number of carbonyl (C=O) groups is 2. The Morgan fingerprint density at radius 3 is 2.11 bits per heavy atom. The molecular weight excluding hydrogens is 342 g/mol. The van der Waals surface area contributed by atoms with E-state index >= 15 is 0 Å². The van der Waals surface area contributed by atoms with E-state index in [2.05, 4.69) is 18.8 Å². The van der Waals surface area contributed by atoms with E-state index in [0.717, 1.165) is 5.56 Å². The molecule has 1 aromatic carbocycles. The lowest BCUT2D eigenvalue weighted by molar-refractivity contribution is 0.0533. The summed E-state index contributed by atoms with van der Waals surface area (Å²) in [6, 6.07) is 9.18. The first kappa shape index (κ1) is 18.9. The molecule has 1 fully saturated rings. The smallest absolute Gasteiger partial charge is 0.257 e. The van der Waals surface area contributed by atoms with Gasteiger partial charge in [-0.1, -0.05) is 19.9 Å². The first-order valence-corrected chi connectivity index (χ1v) is 9.17. The summed E-state index contributed by atoms with van der Waals surface area (Å²) in [5, 5.41) is 0. The van der Waals surface area contributed by atoms with Crippen LogP contribution >= 0.6 is 0 Å². The predicted molar refractivity (Wildman–Crippen MR) is 103 cm³/mol. The van der Waals surface area contributed by atoms with Crippen LogP contribution in [0.15, 0.2) is 42.7 Å². The number of methoxy groups -OCH3 is 1. The van der Waals surface area contributed by atoms with Gasteiger partial charge in [-0.05, 0) is 35.7 Å². The highest BCUT2D eigenvalue weighted by atomic mass is 16.5. The minimum Gasteiger partial charge on any atom is -0.496 e. The summed E-state index contributed by atoms with van der Waals surface area (Å²) in [6.45, 7) is 6.23. The Morgan fingerprint density at radius 1 is 0.963 bits per heavy atom. The van der Waals surface area contributed by atoms with Crippen LogP contribution in [0.3, 0.4) is 0 Å². The molecule has 0 N–H and O–H groups in total. The lowest BCUT2D eigenvalue weighted by Gasteiger charge is -2.35. The number of pyridine rings is 1. The average molecular weight is 367 g/mol. The highest BCUT2D eigenvalue weighted by molar-refractivity contribution is 5.98. The normalized spacial score (nSPS) is 14.4. The lowest BCUT2D eigenvalue weighted by atomic mass is 9.99. The molecule has 3 rings (SSSR count). The second kappa shape index (κ2) is 8.20. The first-order chi connectivity index (χ1) is 13.0. The van der Waals surface area contributed by atoms with E-state index in [9.17, 15) is 9.59 Å². The molecule has 0 spiro atoms. The Balaban J connectivity index is 1.70. The number of carbonyl (C=O) groups excluding carboxylic acids is 2. The maximum absolute atomic E-state index is 13.0. The Bertz CT molecular complexity index is 813. The van der Waals surface area contributed by atoms with Crippen molar-refractivity contribution in [3.63, 3.8) is 0 Å². The number of aromatic nitrogens is 1. The van der Waals surface area contributed by atoms with Gasteiger partial charge in [0.05, 0.1) is 12.7 Å². The van der Waals surface area contributed by atoms with Gasteiger partial charge in [0.25, 0.3) is 11.8 Å². The maximum Gasteiger partial charge on any atom is 0.257 e. The minimum absolute atomic E-state index is 0.0242. The minimum atomic E-state index is -0.0506. The Hall–Kier alpha value is -2.89. The van der Waals surface area contributed by atoms with Gasteiger partial charge in [0.1, 0.15) is 5.75 Å². The quantitative estimate of drug-likeness (QED) is 0.834. The molecule has 0 radical (unpaired) electrons. The van der Waals surface area contributed by atoms with Crippen LogP contribution in [0.4, 0.5) is 0 Å². The highest BCUT2D eigenvalue weighted by Crippen LogP contribution is 2.26. The van der Waals surface area contributed by atoms with Crippen molar-refractivity contribution >= 4 is 11.8 Å². The number of ether oxygens (including phenoxy) is 1. The number of piperazine rings is 1. The summed E-state index contributed by atoms with van der Waals surface area (Å²) in [7, 11) is 1.58. The van der Waals surface area contributed by atoms with Gasteiger partial charge >= 0.3 is 0 Å². The monoisotopic (exact) mass is 367 g/mol. The standard InChI is InChI=1S/C21H25N3O3/c1-15(2)17-4-5-19(27-3)18(14-17)21(26)24-12-10-23(11-13-24)20(25)16-6-8-22-9-7-16/h4-9,14-15H,10-13H2,1-3H3. The van der Waals surface area contributed by atoms with E-state index in [1.54, 1.807) is 41.4 Å². The second-order valence-electron chi connectivity index (χ2n) is 6.93. The summed E-state index contributed by atoms with van der Waals surface area (Å²) in [4.78, 5) is 33.1. The van der Waals surface area contributed by atoms with E-state index < -0.39 is 0 Å². The van der Waals surface area contributed by atoms with Crippen molar-refractivity contribution < 1.29 is 14.3 Å². The Kier molecular flexibility index (Phi) is 5.74. The largest absolute Gasteiger partial charge is 0.496 e. The summed E-state index contributed by atoms with van der Waals surface area (Å²) < 4.78 is 5.39. The van der Waals surface area contributed by atoms with E-state index in [1.165, 1.54) is 0 Å². The van der Waals surface area contributed by atoms with Crippen LogP contribution in [0, 0.1) is 0 Å². The van der Waals surface area contributed by atoms with E-state index in [-0.39, 0.29) is 11.8 Å². The van der Waals surface area contributed by atoms with Gasteiger partial charge in [-0.3, -0.25) is 14.6 Å². The molecule has 0 aliphatic carbocycles. The predicted octanol–water partition coefficient (Wildman–Crippen LogP) is 2.81. The zero-order chi connectivity index (χ0) is 19.4. The molecule has 142 valence electrons. The fraction of sp³-hybridized carbons (Fsp3) is 0.381. The molecule has 0 unspecified atom stereocenters. The maximum atomic E-state index is 13.0. The molecule has 0 bridgehead atoms. The topological polar surface area (TPSA) is 62.7 Å². The van der Waals surface area contributed by atoms with Gasteiger partial charge in [0.2, 0.25) is 0 Å². The van der Waals surface area contributed by atoms with E-state index in [4.69, 9.17) is 4.74 Å². The SMILES string of the molecule is COc1ccc(C(C)C)cc1C(=O)N1CCN(C(=O)c2ccncc2)CC1. The van der Waals surface area contributed by atoms with Crippen LogP contribution in [0.2, 0.25) is 0 Å². The molecule has 6 heteroatoms. The van der Waals surface area contributed by atoms with Crippen LogP contribution in [-0.4, -0.2) is 59.9 Å². The van der Waals surface area contributed by atoms with Crippen LogP contribution in [0.5, 0.6) is 5.75 Å². The molecule has 2 heterocycles. The Morgan fingerprint density at radius 2 is 1.56 bits per heavy atom. The van der Waals surface area contributed by atoms with Crippen molar-refractivity contribution in [2.75, 3.05) is 33.3 Å². The Labute approximate surface area is 159 Å². The molecule has 1 aromatic heterocycles. The molecule has 1 aliphatic heterocycles. The number of hydrogen-bond acceptors (Lipinski definition) is 4. The summed E-state index contributed by atoms with van der Waals surface area (Å²) in [5.74, 6) is 0.839. The zero-order valence-corrected chi connectivity index (χ0v) is 16.0. The van der Waals surface area contributed by atoms with Crippen LogP contribution in [-0.2, 0) is 0 Å². The number of benzene rings is 1. The average Bonchev–Trinajstić information content (AvgIpc) is 2.73. The molecule has 1 saturated heterocycles. The van der Waals surface area contributed by atoms with Gasteiger partial charge in [-0.25, -0.2) is 0 Å². The van der Waals surface area contributed by atoms with Gasteiger partial charge in [-0.15, -0.1) is 0 Å². The van der Waals surface area contributed by atoms with Crippen molar-refractivity contribution in [2.24, 2.45) is 0 Å². The highest BCUT2D eigenvalue weighted by Gasteiger charge is 2.27. The van der Waals surface area contributed by atoms with Crippen LogP contribution in [0.1, 0.15) is 46.0 Å². The number of amides is 2. The summed E-state index contributed by atoms with van der Waals surface area (Å²) in [5.41, 5.74) is 2.30. The van der Waals surface area contributed by atoms with Crippen molar-refractivity contribution in [1.29, 1.82) is 0 Å². The van der Waals surface area contributed by atoms with Crippen LogP contribution in [0.25, 0.3) is 0 Å². The van der Waals surface area contributed by atoms with Crippen molar-refractivity contribution in [1.82, 2.24) is 14.8 Å². The number of hydrogen-bond donors (Lipinski definition) is 0. The van der Waals surface area contributed by atoms with Crippen molar-refractivity contribution in [3.05, 3.63) is 59.4 Å². The van der Waals surface area contributed by atoms with Gasteiger partial charge < -0.3 is 14.5 Å². The third kappa shape index (κ3) is 4.10. The zero-order valence-electron chi connectivity index (χ0n) is 16.0. The summed E-state index contributed by atoms with van der Waals surface area (Å²) in [6.07, 6.45) is 3.22. The third-order valence-corrected chi connectivity index (χ3v) is 4.90. The second-order valence-corrected chi connectivity index (χ2v) is 6.93. The van der Waals surface area contributed by atoms with Gasteiger partial charge in [-0.2, -0.15) is 0 Å². The summed E-state index contributed by atoms with van der Waals surface area (Å²) >= 11 is 0. The molecule has 2 aromatic rings. The van der Waals surface area contributed by atoms with Gasteiger partial charge in [0.15, 0.2) is 0 Å². The molecule has 2 amide bonds. The fourth-order valence-electron chi connectivity index (χ4n) is 3.21. The van der Waals surface area contributed by atoms with Crippen LogP contribution < -0.4 is 4.74 Å². The number of rotatable bonds is 4. The fourth-order valence-corrected chi connectivity index (χ4v) is 3.21. The van der Waals surface area contributed by atoms with Crippen molar-refractivity contribution in [3.8, 4) is 5.75 Å². The van der Waals surface area contributed by atoms with Gasteiger partial charge in [0, 0.05) is 44.1 Å². The van der Waals surface area contributed by atoms with Crippen molar-refractivity contribution in [2.45, 2.75) is 19.8 Å². The molecule has 27 heavy (non-hydrogen) atoms. The molecule has 0 saturated carbocycles. The third-order valence-electron chi connectivity index (χ3n) is 4.90. The number of nitrogens with zero attached hydrogens (tertiary/aromatic N) is 3. The molecule has 0 atom stereocenters. The molecule has 6 nitrogen and oxygen atoms in total. The lowest BCUT2D eigenvalue weighted by Crippen LogP contribution is -2.50. The molecule has 1 aliphatic rings.